The molecule has 0 aliphatic carbocycles. The molecule has 1 aliphatic rings. The molecule has 0 amide bonds. The van der Waals surface area contributed by atoms with E-state index in [-0.39, 0.29) is 0 Å². The van der Waals surface area contributed by atoms with Crippen molar-refractivity contribution in [3.8, 4) is 0 Å². The van der Waals surface area contributed by atoms with Crippen molar-refractivity contribution in [3.63, 3.8) is 0 Å². The average molecular weight is 257 g/mol. The van der Waals surface area contributed by atoms with Crippen molar-refractivity contribution >= 4 is 19.6 Å². The summed E-state index contributed by atoms with van der Waals surface area (Å²) in [4.78, 5) is 0. The Labute approximate surface area is 70.8 Å². The summed E-state index contributed by atoms with van der Waals surface area (Å²) in [6, 6.07) is 0. The van der Waals surface area contributed by atoms with Crippen LogP contribution in [0.15, 0.2) is 0 Å². The van der Waals surface area contributed by atoms with Crippen LogP contribution in [-0.4, -0.2) is 32.8 Å². The summed E-state index contributed by atoms with van der Waals surface area (Å²) in [6.07, 6.45) is 2.87. The van der Waals surface area contributed by atoms with Crippen LogP contribution in [0.25, 0.3) is 0 Å². The number of hydrogen-bond acceptors (Lipinski definition) is 1. The van der Waals surface area contributed by atoms with Crippen LogP contribution in [0.3, 0.4) is 0 Å². The molecular formula is C8H17OTe+. The van der Waals surface area contributed by atoms with Crippen LogP contribution in [-0.2, 0) is 4.74 Å². The van der Waals surface area contributed by atoms with E-state index in [2.05, 4.69) is 6.92 Å². The van der Waals surface area contributed by atoms with E-state index >= 15 is 0 Å². The molecule has 1 nitrogen and oxygen atoms in total. The minimum absolute atomic E-state index is 0.549. The zero-order valence-electron chi connectivity index (χ0n) is 6.77. The molecule has 0 N–H and O–H groups in total. The third-order valence-corrected chi connectivity index (χ3v) is 8.54. The molecule has 0 aromatic carbocycles. The fourth-order valence-corrected chi connectivity index (χ4v) is 6.87. The van der Waals surface area contributed by atoms with Crippen molar-refractivity contribution in [2.45, 2.75) is 33.2 Å². The Morgan fingerprint density at radius 2 is 2.00 bits per heavy atom. The van der Waals surface area contributed by atoms with Crippen molar-refractivity contribution in [1.29, 1.82) is 0 Å². The standard InChI is InChI=1S/C8H17OTe/c1-2-3-6-10-7-4-9-5-8-10/h2-8H2,1H3/q+1. The summed E-state index contributed by atoms with van der Waals surface area (Å²) in [6.45, 7) is 4.46. The van der Waals surface area contributed by atoms with Crippen LogP contribution in [0.1, 0.15) is 19.8 Å². The van der Waals surface area contributed by atoms with Gasteiger partial charge in [-0.2, -0.15) is 0 Å². The van der Waals surface area contributed by atoms with Crippen molar-refractivity contribution in [1.82, 2.24) is 0 Å². The molecule has 2 heteroatoms. The summed E-state index contributed by atoms with van der Waals surface area (Å²) in [5, 5.41) is 0. The molecule has 1 aliphatic heterocycles. The first kappa shape index (κ1) is 8.84. The molecule has 1 rings (SSSR count). The van der Waals surface area contributed by atoms with Gasteiger partial charge in [0.05, 0.1) is 0 Å². The number of unbranched alkanes of at least 4 members (excludes halogenated alkanes) is 1. The van der Waals surface area contributed by atoms with Gasteiger partial charge >= 0.3 is 70.7 Å². The molecule has 0 radical (unpaired) electrons. The third-order valence-electron chi connectivity index (χ3n) is 1.82. The van der Waals surface area contributed by atoms with Crippen molar-refractivity contribution in [2.24, 2.45) is 0 Å². The maximum absolute atomic E-state index is 5.32. The summed E-state index contributed by atoms with van der Waals surface area (Å²) in [7, 11) is 0. The number of hydrogen-bond donors (Lipinski definition) is 0. The summed E-state index contributed by atoms with van der Waals surface area (Å²) < 4.78 is 9.87. The van der Waals surface area contributed by atoms with Gasteiger partial charge in [0.25, 0.3) is 0 Å². The maximum atomic E-state index is 5.32. The Morgan fingerprint density at radius 1 is 1.30 bits per heavy atom. The van der Waals surface area contributed by atoms with Crippen LogP contribution in [0.2, 0.25) is 13.4 Å². The van der Waals surface area contributed by atoms with Crippen LogP contribution in [0.5, 0.6) is 0 Å². The summed E-state index contributed by atoms with van der Waals surface area (Å²) in [5.41, 5.74) is 0. The van der Waals surface area contributed by atoms with Crippen LogP contribution in [0.4, 0.5) is 0 Å². The second-order valence-electron chi connectivity index (χ2n) is 2.69. The molecule has 0 aromatic rings. The fourth-order valence-electron chi connectivity index (χ4n) is 1.11. The van der Waals surface area contributed by atoms with Gasteiger partial charge in [-0.25, -0.2) is 0 Å². The van der Waals surface area contributed by atoms with Gasteiger partial charge in [-0.1, -0.05) is 0 Å². The zero-order valence-corrected chi connectivity index (χ0v) is 9.10. The molecule has 1 saturated heterocycles. The Kier molecular flexibility index (Phi) is 4.78. The molecule has 0 saturated carbocycles. The zero-order chi connectivity index (χ0) is 7.23. The Hall–Kier alpha value is 0.750. The Morgan fingerprint density at radius 3 is 2.60 bits per heavy atom. The predicted octanol–water partition coefficient (Wildman–Crippen LogP) is 2.31. The monoisotopic (exact) mass is 259 g/mol. The van der Waals surface area contributed by atoms with E-state index in [9.17, 15) is 0 Å². The van der Waals surface area contributed by atoms with E-state index < -0.39 is 19.6 Å². The van der Waals surface area contributed by atoms with Gasteiger partial charge < -0.3 is 0 Å². The summed E-state index contributed by atoms with van der Waals surface area (Å²) >= 11 is -0.549. The first-order valence-corrected chi connectivity index (χ1v) is 9.09. The average Bonchev–Trinajstić information content (AvgIpc) is 2.03. The van der Waals surface area contributed by atoms with E-state index in [0.29, 0.717) is 0 Å². The van der Waals surface area contributed by atoms with Crippen molar-refractivity contribution < 1.29 is 4.74 Å². The van der Waals surface area contributed by atoms with Crippen molar-refractivity contribution in [2.75, 3.05) is 13.2 Å². The van der Waals surface area contributed by atoms with Gasteiger partial charge in [-0.15, -0.1) is 0 Å². The van der Waals surface area contributed by atoms with Gasteiger partial charge in [0, 0.05) is 0 Å². The third kappa shape index (κ3) is 3.23. The van der Waals surface area contributed by atoms with Gasteiger partial charge in [-0.05, 0) is 0 Å². The molecule has 10 heavy (non-hydrogen) atoms. The van der Waals surface area contributed by atoms with E-state index in [1.54, 1.807) is 4.47 Å². The van der Waals surface area contributed by atoms with Gasteiger partial charge in [0.15, 0.2) is 0 Å². The molecular weight excluding hydrogens is 240 g/mol. The van der Waals surface area contributed by atoms with E-state index in [4.69, 9.17) is 4.74 Å². The first-order chi connectivity index (χ1) is 4.93. The van der Waals surface area contributed by atoms with Gasteiger partial charge in [0.1, 0.15) is 0 Å². The Balaban J connectivity index is 2.02. The Bertz CT molecular complexity index is 79.3. The normalized spacial score (nSPS) is 21.3. The second-order valence-corrected chi connectivity index (χ2v) is 9.68. The van der Waals surface area contributed by atoms with E-state index in [0.717, 1.165) is 13.2 Å². The second kappa shape index (κ2) is 5.41. The molecule has 0 bridgehead atoms. The molecule has 60 valence electrons. The van der Waals surface area contributed by atoms with Crippen LogP contribution < -0.4 is 0 Å². The summed E-state index contributed by atoms with van der Waals surface area (Å²) in [5.74, 6) is 0. The van der Waals surface area contributed by atoms with E-state index in [1.807, 2.05) is 0 Å². The van der Waals surface area contributed by atoms with E-state index in [1.165, 1.54) is 21.8 Å². The van der Waals surface area contributed by atoms with Gasteiger partial charge in [0.2, 0.25) is 0 Å². The number of ether oxygens (including phenoxy) is 1. The molecule has 0 aromatic heterocycles. The van der Waals surface area contributed by atoms with Crippen LogP contribution >= 0.6 is 0 Å². The molecule has 1 heterocycles. The first-order valence-electron chi connectivity index (χ1n) is 4.15. The van der Waals surface area contributed by atoms with Crippen LogP contribution in [0, 0.1) is 0 Å². The molecule has 0 spiro atoms. The number of rotatable bonds is 3. The minimum atomic E-state index is -0.549. The van der Waals surface area contributed by atoms with Gasteiger partial charge in [-0.3, -0.25) is 0 Å². The quantitative estimate of drug-likeness (QED) is 0.705. The molecule has 0 atom stereocenters. The van der Waals surface area contributed by atoms with Crippen molar-refractivity contribution in [3.05, 3.63) is 0 Å². The molecule has 0 unspecified atom stereocenters. The fraction of sp³-hybridized carbons (Fsp3) is 1.00. The SMILES string of the molecule is CCCC[Te+]1CCOCC1. The predicted molar refractivity (Wildman–Crippen MR) is 45.9 cm³/mol. The topological polar surface area (TPSA) is 9.23 Å². The molecule has 1 fully saturated rings.